The summed E-state index contributed by atoms with van der Waals surface area (Å²) in [4.78, 5) is 0. The van der Waals surface area contributed by atoms with Crippen molar-refractivity contribution in [2.24, 2.45) is 5.73 Å². The summed E-state index contributed by atoms with van der Waals surface area (Å²) in [6.07, 6.45) is 0. The van der Waals surface area contributed by atoms with Crippen molar-refractivity contribution in [3.8, 4) is 17.1 Å². The minimum absolute atomic E-state index is 0.312. The van der Waals surface area contributed by atoms with Crippen LogP contribution in [0.25, 0.3) is 17.1 Å². The molecule has 0 aliphatic rings. The van der Waals surface area contributed by atoms with Crippen molar-refractivity contribution < 1.29 is 0 Å². The van der Waals surface area contributed by atoms with Crippen LogP contribution in [0.3, 0.4) is 0 Å². The Morgan fingerprint density at radius 1 is 0.950 bits per heavy atom. The van der Waals surface area contributed by atoms with Crippen LogP contribution in [0.1, 0.15) is 5.82 Å². The first-order valence-electron chi connectivity index (χ1n) is 6.26. The monoisotopic (exact) mass is 284 g/mol. The van der Waals surface area contributed by atoms with Crippen LogP contribution >= 0.6 is 11.6 Å². The zero-order valence-electron chi connectivity index (χ0n) is 10.7. The summed E-state index contributed by atoms with van der Waals surface area (Å²) >= 11 is 6.26. The smallest absolute Gasteiger partial charge is 0.170 e. The first-order chi connectivity index (χ1) is 9.81. The van der Waals surface area contributed by atoms with Crippen molar-refractivity contribution >= 4 is 11.6 Å². The van der Waals surface area contributed by atoms with Gasteiger partial charge in [0.15, 0.2) is 11.6 Å². The van der Waals surface area contributed by atoms with Crippen LogP contribution in [-0.4, -0.2) is 14.8 Å². The maximum Gasteiger partial charge on any atom is 0.170 e. The number of nitrogens with two attached hydrogens (primary N) is 1. The van der Waals surface area contributed by atoms with Crippen LogP contribution in [0.2, 0.25) is 5.02 Å². The number of nitrogens with zero attached hydrogens (tertiary/aromatic N) is 3. The van der Waals surface area contributed by atoms with E-state index in [4.69, 9.17) is 17.3 Å². The third-order valence-corrected chi connectivity index (χ3v) is 3.37. The molecule has 5 heteroatoms. The Morgan fingerprint density at radius 3 is 2.35 bits per heavy atom. The van der Waals surface area contributed by atoms with E-state index in [2.05, 4.69) is 10.2 Å². The van der Waals surface area contributed by atoms with Crippen molar-refractivity contribution in [2.45, 2.75) is 6.54 Å². The van der Waals surface area contributed by atoms with E-state index < -0.39 is 0 Å². The van der Waals surface area contributed by atoms with E-state index in [-0.39, 0.29) is 0 Å². The molecule has 1 heterocycles. The Morgan fingerprint density at radius 2 is 1.65 bits per heavy atom. The maximum atomic E-state index is 6.26. The summed E-state index contributed by atoms with van der Waals surface area (Å²) in [5, 5.41) is 9.04. The minimum atomic E-state index is 0.312. The SMILES string of the molecule is NCc1nnc(-c2ccccc2Cl)n1-c1ccccc1. The number of halogens is 1. The highest BCUT2D eigenvalue weighted by Crippen LogP contribution is 2.28. The standard InChI is InChI=1S/C15H13ClN4/c16-13-9-5-4-8-12(13)15-19-18-14(10-17)20(15)11-6-2-1-3-7-11/h1-9H,10,17H2. The molecule has 0 aliphatic carbocycles. The Balaban J connectivity index is 2.24. The third-order valence-electron chi connectivity index (χ3n) is 3.04. The predicted molar refractivity (Wildman–Crippen MR) is 79.7 cm³/mol. The van der Waals surface area contributed by atoms with Gasteiger partial charge in [-0.15, -0.1) is 10.2 Å². The fourth-order valence-electron chi connectivity index (χ4n) is 2.11. The van der Waals surface area contributed by atoms with Gasteiger partial charge in [0.25, 0.3) is 0 Å². The van der Waals surface area contributed by atoms with Gasteiger partial charge in [-0.3, -0.25) is 4.57 Å². The molecule has 2 aromatic carbocycles. The fraction of sp³-hybridized carbons (Fsp3) is 0.0667. The highest BCUT2D eigenvalue weighted by atomic mass is 35.5. The van der Waals surface area contributed by atoms with Gasteiger partial charge in [-0.05, 0) is 24.3 Å². The van der Waals surface area contributed by atoms with E-state index in [1.807, 2.05) is 59.2 Å². The van der Waals surface area contributed by atoms with Crippen LogP contribution in [0.4, 0.5) is 0 Å². The normalized spacial score (nSPS) is 10.7. The lowest BCUT2D eigenvalue weighted by Crippen LogP contribution is -2.07. The van der Waals surface area contributed by atoms with Gasteiger partial charge < -0.3 is 5.73 Å². The molecule has 3 aromatic rings. The second kappa shape index (κ2) is 5.45. The molecule has 3 rings (SSSR count). The van der Waals surface area contributed by atoms with Gasteiger partial charge in [-0.2, -0.15) is 0 Å². The molecular weight excluding hydrogens is 272 g/mol. The molecule has 0 saturated carbocycles. The van der Waals surface area contributed by atoms with Crippen LogP contribution in [0.5, 0.6) is 0 Å². The van der Waals surface area contributed by atoms with Gasteiger partial charge in [-0.1, -0.05) is 41.9 Å². The maximum absolute atomic E-state index is 6.26. The molecule has 0 atom stereocenters. The number of benzene rings is 2. The van der Waals surface area contributed by atoms with E-state index in [0.717, 1.165) is 11.3 Å². The second-order valence-electron chi connectivity index (χ2n) is 4.29. The average molecular weight is 285 g/mol. The Hall–Kier alpha value is -2.17. The van der Waals surface area contributed by atoms with Gasteiger partial charge in [0.2, 0.25) is 0 Å². The largest absolute Gasteiger partial charge is 0.324 e. The fourth-order valence-corrected chi connectivity index (χ4v) is 2.33. The zero-order chi connectivity index (χ0) is 13.9. The minimum Gasteiger partial charge on any atom is -0.324 e. The van der Waals surface area contributed by atoms with Gasteiger partial charge in [0.05, 0.1) is 11.6 Å². The van der Waals surface area contributed by atoms with Gasteiger partial charge >= 0.3 is 0 Å². The van der Waals surface area contributed by atoms with E-state index in [1.54, 1.807) is 0 Å². The summed E-state index contributed by atoms with van der Waals surface area (Å²) in [5.74, 6) is 1.40. The Bertz CT molecular complexity index is 722. The van der Waals surface area contributed by atoms with Crippen molar-refractivity contribution in [1.82, 2.24) is 14.8 Å². The lowest BCUT2D eigenvalue weighted by molar-refractivity contribution is 0.861. The average Bonchev–Trinajstić information content (AvgIpc) is 2.92. The molecule has 0 bridgehead atoms. The zero-order valence-corrected chi connectivity index (χ0v) is 11.5. The Labute approximate surface area is 121 Å². The quantitative estimate of drug-likeness (QED) is 0.804. The molecule has 2 N–H and O–H groups in total. The molecule has 0 radical (unpaired) electrons. The summed E-state index contributed by atoms with van der Waals surface area (Å²) in [6, 6.07) is 17.4. The lowest BCUT2D eigenvalue weighted by atomic mass is 10.2. The number of hydrogen-bond acceptors (Lipinski definition) is 3. The van der Waals surface area contributed by atoms with Crippen LogP contribution < -0.4 is 5.73 Å². The summed E-state index contributed by atoms with van der Waals surface area (Å²) in [5.41, 5.74) is 7.56. The summed E-state index contributed by atoms with van der Waals surface area (Å²) in [6.45, 7) is 0.312. The first-order valence-corrected chi connectivity index (χ1v) is 6.63. The van der Waals surface area contributed by atoms with Crippen LogP contribution in [-0.2, 0) is 6.54 Å². The van der Waals surface area contributed by atoms with E-state index in [1.165, 1.54) is 0 Å². The Kier molecular flexibility index (Phi) is 3.50. The number of rotatable bonds is 3. The number of para-hydroxylation sites is 1. The summed E-state index contributed by atoms with van der Waals surface area (Å²) < 4.78 is 1.93. The second-order valence-corrected chi connectivity index (χ2v) is 4.70. The topological polar surface area (TPSA) is 56.7 Å². The van der Waals surface area contributed by atoms with Gasteiger partial charge in [0, 0.05) is 11.3 Å². The molecule has 0 amide bonds. The van der Waals surface area contributed by atoms with Crippen molar-refractivity contribution in [1.29, 1.82) is 0 Å². The molecule has 0 spiro atoms. The number of hydrogen-bond donors (Lipinski definition) is 1. The molecule has 0 fully saturated rings. The highest BCUT2D eigenvalue weighted by molar-refractivity contribution is 6.33. The molecule has 0 aliphatic heterocycles. The van der Waals surface area contributed by atoms with Crippen LogP contribution in [0, 0.1) is 0 Å². The molecule has 4 nitrogen and oxygen atoms in total. The molecule has 0 unspecified atom stereocenters. The molecule has 0 saturated heterocycles. The molecular formula is C15H13ClN4. The number of aromatic nitrogens is 3. The lowest BCUT2D eigenvalue weighted by Gasteiger charge is -2.10. The van der Waals surface area contributed by atoms with E-state index in [0.29, 0.717) is 23.2 Å². The predicted octanol–water partition coefficient (Wildman–Crippen LogP) is 3.05. The van der Waals surface area contributed by atoms with Crippen molar-refractivity contribution in [3.05, 3.63) is 65.4 Å². The van der Waals surface area contributed by atoms with E-state index >= 15 is 0 Å². The first kappa shape index (κ1) is 12.8. The van der Waals surface area contributed by atoms with Crippen molar-refractivity contribution in [3.63, 3.8) is 0 Å². The summed E-state index contributed by atoms with van der Waals surface area (Å²) in [7, 11) is 0. The molecule has 20 heavy (non-hydrogen) atoms. The molecule has 1 aromatic heterocycles. The van der Waals surface area contributed by atoms with E-state index in [9.17, 15) is 0 Å². The van der Waals surface area contributed by atoms with Gasteiger partial charge in [0.1, 0.15) is 0 Å². The van der Waals surface area contributed by atoms with Gasteiger partial charge in [-0.25, -0.2) is 0 Å². The van der Waals surface area contributed by atoms with Crippen LogP contribution in [0.15, 0.2) is 54.6 Å². The van der Waals surface area contributed by atoms with Crippen molar-refractivity contribution in [2.75, 3.05) is 0 Å². The highest BCUT2D eigenvalue weighted by Gasteiger charge is 2.16. The molecule has 100 valence electrons. The third kappa shape index (κ3) is 2.19.